The Morgan fingerprint density at radius 3 is 2.61 bits per heavy atom. The van der Waals surface area contributed by atoms with Gasteiger partial charge in [0.25, 0.3) is 0 Å². The Kier molecular flexibility index (Phi) is 5.18. The van der Waals surface area contributed by atoms with E-state index in [1.165, 1.54) is 6.07 Å². The van der Waals surface area contributed by atoms with Crippen molar-refractivity contribution >= 4 is 21.4 Å². The second-order valence-corrected chi connectivity index (χ2v) is 7.00. The maximum absolute atomic E-state index is 12.0. The Balaban J connectivity index is 2.88. The zero-order valence-electron chi connectivity index (χ0n) is 10.5. The van der Waals surface area contributed by atoms with Crippen LogP contribution in [0.4, 0.5) is 0 Å². The van der Waals surface area contributed by atoms with E-state index in [0.29, 0.717) is 16.1 Å². The van der Waals surface area contributed by atoms with E-state index in [1.54, 1.807) is 12.1 Å². The molecule has 0 heterocycles. The van der Waals surface area contributed by atoms with Gasteiger partial charge >= 0.3 is 0 Å². The van der Waals surface area contributed by atoms with E-state index in [9.17, 15) is 8.42 Å². The monoisotopic (exact) mass is 285 g/mol. The van der Waals surface area contributed by atoms with Crippen molar-refractivity contribution in [1.29, 1.82) is 5.26 Å². The standard InChI is InChI=1S/C13H16ClNO2S/c1-3-10(2)8-18(16,17)9-12-5-4-11(7-15)6-13(12)14/h4-6,10H,3,8-9H2,1-2H3. The van der Waals surface area contributed by atoms with Crippen LogP contribution in [0.2, 0.25) is 5.02 Å². The summed E-state index contributed by atoms with van der Waals surface area (Å²) in [5.41, 5.74) is 0.988. The fourth-order valence-electron chi connectivity index (χ4n) is 1.58. The van der Waals surface area contributed by atoms with Crippen molar-refractivity contribution in [2.24, 2.45) is 5.92 Å². The fourth-order valence-corrected chi connectivity index (χ4v) is 3.85. The normalized spacial score (nSPS) is 13.0. The Hall–Kier alpha value is -1.05. The number of rotatable bonds is 5. The molecule has 3 nitrogen and oxygen atoms in total. The molecule has 1 aromatic carbocycles. The number of nitriles is 1. The highest BCUT2D eigenvalue weighted by Crippen LogP contribution is 2.21. The number of benzene rings is 1. The molecule has 0 aliphatic heterocycles. The molecule has 0 spiro atoms. The SMILES string of the molecule is CCC(C)CS(=O)(=O)Cc1ccc(C#N)cc1Cl. The highest BCUT2D eigenvalue weighted by Gasteiger charge is 2.17. The van der Waals surface area contributed by atoms with Gasteiger partial charge in [0, 0.05) is 5.02 Å². The molecule has 0 fully saturated rings. The summed E-state index contributed by atoms with van der Waals surface area (Å²) in [6.07, 6.45) is 0.834. The summed E-state index contributed by atoms with van der Waals surface area (Å²) >= 11 is 5.97. The molecule has 0 saturated carbocycles. The van der Waals surface area contributed by atoms with E-state index >= 15 is 0 Å². The van der Waals surface area contributed by atoms with Crippen LogP contribution in [-0.4, -0.2) is 14.2 Å². The third-order valence-corrected chi connectivity index (χ3v) is 4.97. The molecular weight excluding hydrogens is 270 g/mol. The Morgan fingerprint density at radius 1 is 1.44 bits per heavy atom. The topological polar surface area (TPSA) is 57.9 Å². The molecule has 5 heteroatoms. The molecule has 98 valence electrons. The second kappa shape index (κ2) is 6.21. The van der Waals surface area contributed by atoms with Crippen LogP contribution in [0.15, 0.2) is 18.2 Å². The Morgan fingerprint density at radius 2 is 2.11 bits per heavy atom. The predicted octanol–water partition coefficient (Wildman–Crippen LogP) is 3.17. The molecule has 0 aliphatic rings. The number of hydrogen-bond donors (Lipinski definition) is 0. The van der Waals surface area contributed by atoms with Gasteiger partial charge in [0.2, 0.25) is 0 Å². The highest BCUT2D eigenvalue weighted by atomic mass is 35.5. The molecule has 18 heavy (non-hydrogen) atoms. The summed E-state index contributed by atoms with van der Waals surface area (Å²) in [5, 5.41) is 9.04. The van der Waals surface area contributed by atoms with Gasteiger partial charge in [-0.3, -0.25) is 0 Å². The van der Waals surface area contributed by atoms with E-state index in [2.05, 4.69) is 0 Å². The summed E-state index contributed by atoms with van der Waals surface area (Å²) in [6.45, 7) is 3.88. The van der Waals surface area contributed by atoms with Crippen LogP contribution in [-0.2, 0) is 15.6 Å². The number of sulfone groups is 1. The molecule has 1 unspecified atom stereocenters. The predicted molar refractivity (Wildman–Crippen MR) is 73.1 cm³/mol. The summed E-state index contributed by atoms with van der Waals surface area (Å²) in [6, 6.07) is 6.65. The van der Waals surface area contributed by atoms with Gasteiger partial charge in [-0.1, -0.05) is 37.9 Å². The number of nitrogens with zero attached hydrogens (tertiary/aromatic N) is 1. The zero-order chi connectivity index (χ0) is 13.8. The molecular formula is C13H16ClNO2S. The van der Waals surface area contributed by atoms with Crippen molar-refractivity contribution in [3.63, 3.8) is 0 Å². The smallest absolute Gasteiger partial charge is 0.154 e. The maximum atomic E-state index is 12.0. The van der Waals surface area contributed by atoms with Crippen LogP contribution < -0.4 is 0 Å². The molecule has 0 saturated heterocycles. The lowest BCUT2D eigenvalue weighted by molar-refractivity contribution is 0.563. The van der Waals surface area contributed by atoms with Gasteiger partial charge in [0.15, 0.2) is 9.84 Å². The first-order valence-corrected chi connectivity index (χ1v) is 7.97. The first-order valence-electron chi connectivity index (χ1n) is 5.77. The highest BCUT2D eigenvalue weighted by molar-refractivity contribution is 7.90. The van der Waals surface area contributed by atoms with Gasteiger partial charge in [0.05, 0.1) is 23.1 Å². The Labute approximate surface area is 113 Å². The number of halogens is 1. The van der Waals surface area contributed by atoms with Gasteiger partial charge in [0.1, 0.15) is 0 Å². The van der Waals surface area contributed by atoms with Crippen LogP contribution in [0, 0.1) is 17.2 Å². The van der Waals surface area contributed by atoms with Gasteiger partial charge in [-0.15, -0.1) is 0 Å². The molecule has 0 aromatic heterocycles. The zero-order valence-corrected chi connectivity index (χ0v) is 12.1. The average molecular weight is 286 g/mol. The second-order valence-electron chi connectivity index (χ2n) is 4.49. The average Bonchev–Trinajstić information content (AvgIpc) is 2.30. The van der Waals surface area contributed by atoms with Crippen LogP contribution in [0.1, 0.15) is 31.4 Å². The third kappa shape index (κ3) is 4.32. The van der Waals surface area contributed by atoms with Crippen molar-refractivity contribution in [1.82, 2.24) is 0 Å². The van der Waals surface area contributed by atoms with E-state index < -0.39 is 9.84 Å². The lowest BCUT2D eigenvalue weighted by atomic mass is 10.2. The molecule has 1 rings (SSSR count). The Bertz CT molecular complexity index is 561. The summed E-state index contributed by atoms with van der Waals surface area (Å²) in [7, 11) is -3.16. The van der Waals surface area contributed by atoms with Gasteiger partial charge in [-0.05, 0) is 23.6 Å². The van der Waals surface area contributed by atoms with E-state index in [0.717, 1.165) is 6.42 Å². The largest absolute Gasteiger partial charge is 0.228 e. The van der Waals surface area contributed by atoms with Crippen molar-refractivity contribution < 1.29 is 8.42 Å². The molecule has 1 aromatic rings. The molecule has 0 radical (unpaired) electrons. The van der Waals surface area contributed by atoms with Crippen LogP contribution in [0.5, 0.6) is 0 Å². The molecule has 0 bridgehead atoms. The first-order chi connectivity index (χ1) is 8.38. The molecule has 0 N–H and O–H groups in total. The van der Waals surface area contributed by atoms with Crippen molar-refractivity contribution in [2.75, 3.05) is 5.75 Å². The van der Waals surface area contributed by atoms with Crippen molar-refractivity contribution in [3.05, 3.63) is 34.3 Å². The van der Waals surface area contributed by atoms with E-state index in [-0.39, 0.29) is 17.4 Å². The van der Waals surface area contributed by atoms with E-state index in [4.69, 9.17) is 16.9 Å². The van der Waals surface area contributed by atoms with Crippen LogP contribution >= 0.6 is 11.6 Å². The van der Waals surface area contributed by atoms with Gasteiger partial charge in [-0.2, -0.15) is 5.26 Å². The molecule has 1 atom stereocenters. The summed E-state index contributed by atoms with van der Waals surface area (Å²) in [5.74, 6) is 0.244. The summed E-state index contributed by atoms with van der Waals surface area (Å²) in [4.78, 5) is 0. The van der Waals surface area contributed by atoms with E-state index in [1.807, 2.05) is 19.9 Å². The quantitative estimate of drug-likeness (QED) is 0.835. The minimum Gasteiger partial charge on any atom is -0.228 e. The van der Waals surface area contributed by atoms with Crippen LogP contribution in [0.3, 0.4) is 0 Å². The number of hydrogen-bond acceptors (Lipinski definition) is 3. The third-order valence-electron chi connectivity index (χ3n) is 2.79. The van der Waals surface area contributed by atoms with Crippen LogP contribution in [0.25, 0.3) is 0 Å². The summed E-state index contributed by atoms with van der Waals surface area (Å²) < 4.78 is 23.9. The molecule has 0 aliphatic carbocycles. The lowest BCUT2D eigenvalue weighted by Gasteiger charge is -2.10. The minimum atomic E-state index is -3.16. The van der Waals surface area contributed by atoms with Crippen molar-refractivity contribution in [2.45, 2.75) is 26.0 Å². The molecule has 0 amide bonds. The lowest BCUT2D eigenvalue weighted by Crippen LogP contribution is -2.15. The maximum Gasteiger partial charge on any atom is 0.154 e. The first kappa shape index (κ1) is 15.0. The van der Waals surface area contributed by atoms with Gasteiger partial charge < -0.3 is 0 Å². The van der Waals surface area contributed by atoms with Crippen molar-refractivity contribution in [3.8, 4) is 6.07 Å². The fraction of sp³-hybridized carbons (Fsp3) is 0.462. The minimum absolute atomic E-state index is 0.0676. The van der Waals surface area contributed by atoms with Gasteiger partial charge in [-0.25, -0.2) is 8.42 Å².